The smallest absolute Gasteiger partial charge is 0.326 e. The first-order valence-corrected chi connectivity index (χ1v) is 5.64. The lowest BCUT2D eigenvalue weighted by molar-refractivity contribution is -0.139. The minimum absolute atomic E-state index is 0.0622. The summed E-state index contributed by atoms with van der Waals surface area (Å²) in [6, 6.07) is -1.14. The minimum Gasteiger partial charge on any atom is -0.480 e. The summed E-state index contributed by atoms with van der Waals surface area (Å²) in [6.45, 7) is 1.64. The highest BCUT2D eigenvalue weighted by atomic mass is 16.4. The standard InChI is InChI=1S/C10H16N4O4/c1-2-3-7-12-8(14-13-7)9(16)11-6(4-5-15)10(17)18/h6,15H,2-5H2,1H3,(H,11,16)(H,17,18)(H,12,13,14)/t6-/m1/s1. The van der Waals surface area contributed by atoms with Crippen LogP contribution in [0.3, 0.4) is 0 Å². The number of aryl methyl sites for hydroxylation is 1. The molecule has 1 aromatic heterocycles. The van der Waals surface area contributed by atoms with Gasteiger partial charge in [-0.1, -0.05) is 6.92 Å². The van der Waals surface area contributed by atoms with Crippen molar-refractivity contribution in [2.75, 3.05) is 6.61 Å². The number of H-pyrrole nitrogens is 1. The molecule has 0 saturated carbocycles. The van der Waals surface area contributed by atoms with Crippen LogP contribution < -0.4 is 5.32 Å². The quantitative estimate of drug-likeness (QED) is 0.512. The summed E-state index contributed by atoms with van der Waals surface area (Å²) in [4.78, 5) is 26.4. The number of hydrogen-bond donors (Lipinski definition) is 4. The molecule has 0 aliphatic heterocycles. The van der Waals surface area contributed by atoms with Crippen LogP contribution in [0, 0.1) is 0 Å². The molecule has 8 heteroatoms. The average Bonchev–Trinajstić information content (AvgIpc) is 2.77. The van der Waals surface area contributed by atoms with Gasteiger partial charge in [-0.05, 0) is 6.42 Å². The molecule has 100 valence electrons. The van der Waals surface area contributed by atoms with E-state index in [9.17, 15) is 9.59 Å². The number of hydrogen-bond acceptors (Lipinski definition) is 5. The topological polar surface area (TPSA) is 128 Å². The number of aromatic nitrogens is 3. The monoisotopic (exact) mass is 256 g/mol. The lowest BCUT2D eigenvalue weighted by Crippen LogP contribution is -2.41. The van der Waals surface area contributed by atoms with E-state index in [1.807, 2.05) is 6.92 Å². The molecule has 0 bridgehead atoms. The van der Waals surface area contributed by atoms with Crippen LogP contribution in [0.4, 0.5) is 0 Å². The van der Waals surface area contributed by atoms with Gasteiger partial charge in [0.1, 0.15) is 11.9 Å². The summed E-state index contributed by atoms with van der Waals surface area (Å²) in [7, 11) is 0. The highest BCUT2D eigenvalue weighted by Gasteiger charge is 2.22. The van der Waals surface area contributed by atoms with Gasteiger partial charge in [-0.25, -0.2) is 9.78 Å². The number of carboxylic acids is 1. The number of carbonyl (C=O) groups is 2. The fraction of sp³-hybridized carbons (Fsp3) is 0.600. The normalized spacial score (nSPS) is 12.1. The summed E-state index contributed by atoms with van der Waals surface area (Å²) in [5.41, 5.74) is 0. The molecule has 8 nitrogen and oxygen atoms in total. The lowest BCUT2D eigenvalue weighted by atomic mass is 10.2. The van der Waals surface area contributed by atoms with Crippen molar-refractivity contribution < 1.29 is 19.8 Å². The number of aromatic amines is 1. The summed E-state index contributed by atoms with van der Waals surface area (Å²) in [5, 5.41) is 26.1. The van der Waals surface area contributed by atoms with Gasteiger partial charge in [-0.15, -0.1) is 5.10 Å². The van der Waals surface area contributed by atoms with Gasteiger partial charge in [-0.3, -0.25) is 9.89 Å². The third-order valence-electron chi connectivity index (χ3n) is 2.24. The predicted octanol–water partition coefficient (Wildman–Crippen LogP) is -0.677. The van der Waals surface area contributed by atoms with Crippen molar-refractivity contribution in [3.05, 3.63) is 11.6 Å². The zero-order valence-corrected chi connectivity index (χ0v) is 10.0. The van der Waals surface area contributed by atoms with Crippen molar-refractivity contribution in [1.29, 1.82) is 0 Å². The minimum atomic E-state index is -1.21. The number of rotatable bonds is 7. The van der Waals surface area contributed by atoms with Gasteiger partial charge in [-0.2, -0.15) is 0 Å². The molecule has 1 atom stereocenters. The van der Waals surface area contributed by atoms with E-state index in [2.05, 4.69) is 20.5 Å². The molecule has 0 aliphatic rings. The molecule has 1 heterocycles. The van der Waals surface area contributed by atoms with E-state index in [-0.39, 0.29) is 18.9 Å². The first-order valence-electron chi connectivity index (χ1n) is 5.64. The summed E-state index contributed by atoms with van der Waals surface area (Å²) >= 11 is 0. The fourth-order valence-corrected chi connectivity index (χ4v) is 1.35. The van der Waals surface area contributed by atoms with Gasteiger partial charge in [0, 0.05) is 19.4 Å². The van der Waals surface area contributed by atoms with E-state index in [0.717, 1.165) is 6.42 Å². The largest absolute Gasteiger partial charge is 0.480 e. The van der Waals surface area contributed by atoms with E-state index < -0.39 is 17.9 Å². The van der Waals surface area contributed by atoms with Gasteiger partial charge in [0.2, 0.25) is 5.82 Å². The maximum Gasteiger partial charge on any atom is 0.326 e. The first-order chi connectivity index (χ1) is 8.58. The Kier molecular flexibility index (Phi) is 5.25. The van der Waals surface area contributed by atoms with Crippen LogP contribution in [0.15, 0.2) is 0 Å². The molecule has 0 unspecified atom stereocenters. The third-order valence-corrected chi connectivity index (χ3v) is 2.24. The molecule has 4 N–H and O–H groups in total. The molecule has 1 amide bonds. The highest BCUT2D eigenvalue weighted by molar-refractivity contribution is 5.93. The Balaban J connectivity index is 2.64. The molecule has 1 aromatic rings. The molecule has 0 spiro atoms. The van der Waals surface area contributed by atoms with Crippen molar-refractivity contribution in [2.24, 2.45) is 0 Å². The van der Waals surface area contributed by atoms with E-state index in [0.29, 0.717) is 12.2 Å². The molecule has 0 radical (unpaired) electrons. The lowest BCUT2D eigenvalue weighted by Gasteiger charge is -2.11. The molecule has 1 rings (SSSR count). The second-order valence-electron chi connectivity index (χ2n) is 3.73. The molecule has 0 aromatic carbocycles. The zero-order chi connectivity index (χ0) is 13.5. The van der Waals surface area contributed by atoms with Crippen molar-refractivity contribution in [3.8, 4) is 0 Å². The third kappa shape index (κ3) is 3.81. The Morgan fingerprint density at radius 2 is 2.22 bits per heavy atom. The van der Waals surface area contributed by atoms with E-state index in [1.54, 1.807) is 0 Å². The fourth-order valence-electron chi connectivity index (χ4n) is 1.35. The van der Waals surface area contributed by atoms with Crippen LogP contribution >= 0.6 is 0 Å². The maximum absolute atomic E-state index is 11.7. The van der Waals surface area contributed by atoms with E-state index in [1.165, 1.54) is 0 Å². The number of nitrogens with zero attached hydrogens (tertiary/aromatic N) is 2. The number of amides is 1. The van der Waals surface area contributed by atoms with Crippen LogP contribution in [0.5, 0.6) is 0 Å². The Hall–Kier alpha value is -1.96. The number of aliphatic hydroxyl groups is 1. The van der Waals surface area contributed by atoms with Crippen molar-refractivity contribution in [1.82, 2.24) is 20.5 Å². The number of aliphatic hydroxyl groups excluding tert-OH is 1. The van der Waals surface area contributed by atoms with Gasteiger partial charge < -0.3 is 15.5 Å². The molecule has 0 fully saturated rings. The van der Waals surface area contributed by atoms with Crippen LogP contribution in [0.2, 0.25) is 0 Å². The van der Waals surface area contributed by atoms with E-state index in [4.69, 9.17) is 10.2 Å². The van der Waals surface area contributed by atoms with Gasteiger partial charge in [0.25, 0.3) is 5.91 Å². The second-order valence-corrected chi connectivity index (χ2v) is 3.73. The van der Waals surface area contributed by atoms with Gasteiger partial charge >= 0.3 is 5.97 Å². The van der Waals surface area contributed by atoms with E-state index >= 15 is 0 Å². The highest BCUT2D eigenvalue weighted by Crippen LogP contribution is 1.98. The van der Waals surface area contributed by atoms with Crippen LogP contribution in [0.1, 0.15) is 36.2 Å². The van der Waals surface area contributed by atoms with Crippen molar-refractivity contribution in [3.63, 3.8) is 0 Å². The van der Waals surface area contributed by atoms with Crippen molar-refractivity contribution >= 4 is 11.9 Å². The maximum atomic E-state index is 11.7. The molecule has 0 aliphatic carbocycles. The molecular weight excluding hydrogens is 240 g/mol. The average molecular weight is 256 g/mol. The summed E-state index contributed by atoms with van der Waals surface area (Å²) in [5.74, 6) is -1.39. The Morgan fingerprint density at radius 3 is 2.78 bits per heavy atom. The first kappa shape index (κ1) is 14.1. The Morgan fingerprint density at radius 1 is 1.50 bits per heavy atom. The van der Waals surface area contributed by atoms with Crippen LogP contribution in [-0.4, -0.2) is 49.9 Å². The SMILES string of the molecule is CCCc1nc(C(=O)N[C@H](CCO)C(=O)O)n[nH]1. The number of nitrogens with one attached hydrogen (secondary N) is 2. The second kappa shape index (κ2) is 6.70. The van der Waals surface area contributed by atoms with Gasteiger partial charge in [0.15, 0.2) is 0 Å². The van der Waals surface area contributed by atoms with Crippen LogP contribution in [0.25, 0.3) is 0 Å². The zero-order valence-electron chi connectivity index (χ0n) is 10.0. The summed E-state index contributed by atoms with van der Waals surface area (Å²) in [6.07, 6.45) is 1.46. The summed E-state index contributed by atoms with van der Waals surface area (Å²) < 4.78 is 0. The molecule has 0 saturated heterocycles. The number of aliphatic carboxylic acids is 1. The van der Waals surface area contributed by atoms with Gasteiger partial charge in [0.05, 0.1) is 0 Å². The predicted molar refractivity (Wildman–Crippen MR) is 61.0 cm³/mol. The Bertz CT molecular complexity index is 418. The van der Waals surface area contributed by atoms with Crippen LogP contribution in [-0.2, 0) is 11.2 Å². The number of carbonyl (C=O) groups excluding carboxylic acids is 1. The Labute approximate surface area is 103 Å². The molecular formula is C10H16N4O4. The number of carboxylic acid groups (broad SMARTS) is 1. The van der Waals surface area contributed by atoms with Crippen molar-refractivity contribution in [2.45, 2.75) is 32.2 Å². The molecule has 18 heavy (non-hydrogen) atoms.